The van der Waals surface area contributed by atoms with E-state index in [4.69, 9.17) is 25.8 Å². The molecule has 0 fully saturated rings. The standard InChI is InChI=1S/C24H27ClO4/c1-16-20(15-18-11-7-5-8-12-18)22(26)21(25)23(27-3)24(16,28-4)29-17(2)19-13-9-6-10-14-19/h5-14,16-17,20H,15H2,1-4H3/t16?,17-,20?,24?/m1/s1. The molecular weight excluding hydrogens is 388 g/mol. The lowest BCUT2D eigenvalue weighted by atomic mass is 9.74. The molecule has 2 aromatic rings. The molecule has 0 heterocycles. The van der Waals surface area contributed by atoms with Crippen molar-refractivity contribution in [2.45, 2.75) is 32.2 Å². The zero-order valence-electron chi connectivity index (χ0n) is 17.2. The van der Waals surface area contributed by atoms with E-state index >= 15 is 0 Å². The summed E-state index contributed by atoms with van der Waals surface area (Å²) in [5.74, 6) is -1.90. The van der Waals surface area contributed by atoms with E-state index in [-0.39, 0.29) is 28.6 Å². The predicted molar refractivity (Wildman–Crippen MR) is 113 cm³/mol. The third kappa shape index (κ3) is 4.11. The lowest BCUT2D eigenvalue weighted by Crippen LogP contribution is -2.53. The first-order chi connectivity index (χ1) is 13.9. The Labute approximate surface area is 177 Å². The summed E-state index contributed by atoms with van der Waals surface area (Å²) in [7, 11) is 3.05. The molecular formula is C24H27ClO4. The molecule has 0 N–H and O–H groups in total. The van der Waals surface area contributed by atoms with Crippen LogP contribution >= 0.6 is 11.6 Å². The fourth-order valence-electron chi connectivity index (χ4n) is 4.04. The normalized spacial score (nSPS) is 25.8. The molecule has 3 rings (SSSR count). The Morgan fingerprint density at radius 3 is 2.17 bits per heavy atom. The number of halogens is 1. The van der Waals surface area contributed by atoms with Crippen molar-refractivity contribution in [1.82, 2.24) is 0 Å². The van der Waals surface area contributed by atoms with Crippen LogP contribution in [0, 0.1) is 11.8 Å². The smallest absolute Gasteiger partial charge is 0.233 e. The first-order valence-electron chi connectivity index (χ1n) is 9.74. The van der Waals surface area contributed by atoms with E-state index in [0.29, 0.717) is 6.42 Å². The zero-order valence-corrected chi connectivity index (χ0v) is 18.0. The molecule has 5 heteroatoms. The fourth-order valence-corrected chi connectivity index (χ4v) is 4.39. The second-order valence-corrected chi connectivity index (χ2v) is 7.72. The number of ketones is 1. The van der Waals surface area contributed by atoms with E-state index in [2.05, 4.69) is 0 Å². The number of allylic oxidation sites excluding steroid dienone is 1. The number of carbonyl (C=O) groups is 1. The molecule has 3 unspecified atom stereocenters. The number of benzene rings is 2. The lowest BCUT2D eigenvalue weighted by Gasteiger charge is -2.45. The zero-order chi connectivity index (χ0) is 21.0. The Kier molecular flexibility index (Phi) is 6.78. The molecule has 4 atom stereocenters. The number of rotatable bonds is 7. The summed E-state index contributed by atoms with van der Waals surface area (Å²) in [6, 6.07) is 19.7. The third-order valence-electron chi connectivity index (χ3n) is 5.70. The molecule has 1 aliphatic rings. The van der Waals surface area contributed by atoms with Crippen LogP contribution in [0.1, 0.15) is 31.1 Å². The van der Waals surface area contributed by atoms with Gasteiger partial charge in [0.1, 0.15) is 5.03 Å². The Bertz CT molecular complexity index is 865. The van der Waals surface area contributed by atoms with Gasteiger partial charge >= 0.3 is 0 Å². The molecule has 4 nitrogen and oxygen atoms in total. The molecule has 0 saturated carbocycles. The van der Waals surface area contributed by atoms with Gasteiger partial charge in [0.15, 0.2) is 11.5 Å². The average molecular weight is 415 g/mol. The third-order valence-corrected chi connectivity index (χ3v) is 6.06. The van der Waals surface area contributed by atoms with Crippen molar-refractivity contribution in [3.05, 3.63) is 82.6 Å². The fraction of sp³-hybridized carbons (Fsp3) is 0.375. The largest absolute Gasteiger partial charge is 0.494 e. The number of Topliss-reactive ketones (excluding diaryl/α,β-unsaturated/α-hetero) is 1. The molecule has 0 spiro atoms. The maximum absolute atomic E-state index is 13.1. The number of ether oxygens (including phenoxy) is 3. The summed E-state index contributed by atoms with van der Waals surface area (Å²) in [4.78, 5) is 13.1. The summed E-state index contributed by atoms with van der Waals surface area (Å²) < 4.78 is 18.0. The summed E-state index contributed by atoms with van der Waals surface area (Å²) in [6.45, 7) is 3.90. The van der Waals surface area contributed by atoms with E-state index in [1.54, 1.807) is 7.11 Å². The van der Waals surface area contributed by atoms with Crippen molar-refractivity contribution in [3.63, 3.8) is 0 Å². The maximum Gasteiger partial charge on any atom is 0.233 e. The predicted octanol–water partition coefficient (Wildman–Crippen LogP) is 5.28. The number of methoxy groups -OCH3 is 2. The molecule has 0 amide bonds. The highest BCUT2D eigenvalue weighted by Crippen LogP contribution is 2.47. The van der Waals surface area contributed by atoms with Crippen molar-refractivity contribution < 1.29 is 19.0 Å². The van der Waals surface area contributed by atoms with E-state index < -0.39 is 11.7 Å². The lowest BCUT2D eigenvalue weighted by molar-refractivity contribution is -0.274. The van der Waals surface area contributed by atoms with Crippen molar-refractivity contribution in [3.8, 4) is 0 Å². The monoisotopic (exact) mass is 414 g/mol. The number of hydrogen-bond donors (Lipinski definition) is 0. The maximum atomic E-state index is 13.1. The molecule has 0 radical (unpaired) electrons. The second kappa shape index (κ2) is 9.12. The van der Waals surface area contributed by atoms with Gasteiger partial charge in [-0.25, -0.2) is 0 Å². The summed E-state index contributed by atoms with van der Waals surface area (Å²) in [6.07, 6.45) is 0.251. The molecule has 1 aliphatic carbocycles. The summed E-state index contributed by atoms with van der Waals surface area (Å²) >= 11 is 6.50. The Morgan fingerprint density at radius 2 is 1.62 bits per heavy atom. The van der Waals surface area contributed by atoms with Crippen LogP contribution in [0.2, 0.25) is 0 Å². The average Bonchev–Trinajstić information content (AvgIpc) is 2.76. The van der Waals surface area contributed by atoms with Crippen LogP contribution in [0.5, 0.6) is 0 Å². The van der Waals surface area contributed by atoms with Gasteiger partial charge in [0.05, 0.1) is 13.2 Å². The molecule has 2 aromatic carbocycles. The molecule has 154 valence electrons. The van der Waals surface area contributed by atoms with Crippen LogP contribution in [0.15, 0.2) is 71.5 Å². The first kappa shape index (κ1) is 21.6. The minimum atomic E-state index is -1.27. The van der Waals surface area contributed by atoms with Gasteiger partial charge in [-0.2, -0.15) is 0 Å². The van der Waals surface area contributed by atoms with Crippen molar-refractivity contribution >= 4 is 17.4 Å². The van der Waals surface area contributed by atoms with Gasteiger partial charge in [0.25, 0.3) is 0 Å². The summed E-state index contributed by atoms with van der Waals surface area (Å²) in [5, 5.41) is 0.0358. The number of hydrogen-bond acceptors (Lipinski definition) is 4. The Balaban J connectivity index is 2.01. The van der Waals surface area contributed by atoms with Crippen LogP contribution in [0.3, 0.4) is 0 Å². The second-order valence-electron chi connectivity index (χ2n) is 7.34. The highest BCUT2D eigenvalue weighted by Gasteiger charge is 2.55. The van der Waals surface area contributed by atoms with Gasteiger partial charge in [-0.3, -0.25) is 4.79 Å². The van der Waals surface area contributed by atoms with Crippen molar-refractivity contribution in [2.75, 3.05) is 14.2 Å². The van der Waals surface area contributed by atoms with Gasteiger partial charge in [0.2, 0.25) is 5.79 Å². The van der Waals surface area contributed by atoms with Crippen LogP contribution in [-0.4, -0.2) is 25.8 Å². The Morgan fingerprint density at radius 1 is 1.03 bits per heavy atom. The highest BCUT2D eigenvalue weighted by molar-refractivity contribution is 6.43. The van der Waals surface area contributed by atoms with E-state index in [9.17, 15) is 4.79 Å². The Hall–Kier alpha value is -2.14. The van der Waals surface area contributed by atoms with Gasteiger partial charge in [-0.1, -0.05) is 79.2 Å². The molecule has 0 bridgehead atoms. The van der Waals surface area contributed by atoms with Crippen LogP contribution < -0.4 is 0 Å². The molecule has 0 aromatic heterocycles. The minimum Gasteiger partial charge on any atom is -0.494 e. The highest BCUT2D eigenvalue weighted by atomic mass is 35.5. The van der Waals surface area contributed by atoms with E-state index in [1.807, 2.05) is 74.5 Å². The molecule has 0 saturated heterocycles. The first-order valence-corrected chi connectivity index (χ1v) is 10.1. The number of carbonyl (C=O) groups excluding carboxylic acids is 1. The van der Waals surface area contributed by atoms with Crippen LogP contribution in [-0.2, 0) is 25.4 Å². The van der Waals surface area contributed by atoms with Crippen LogP contribution in [0.25, 0.3) is 0 Å². The summed E-state index contributed by atoms with van der Waals surface area (Å²) in [5.41, 5.74) is 2.06. The minimum absolute atomic E-state index is 0.0358. The van der Waals surface area contributed by atoms with Gasteiger partial charge < -0.3 is 14.2 Å². The SMILES string of the molecule is COC1=C(Cl)C(=O)C(Cc2ccccc2)C(C)C1(OC)O[C@H](C)c1ccccc1. The van der Waals surface area contributed by atoms with E-state index in [1.165, 1.54) is 7.11 Å². The van der Waals surface area contributed by atoms with Gasteiger partial charge in [0, 0.05) is 18.9 Å². The molecule has 29 heavy (non-hydrogen) atoms. The van der Waals surface area contributed by atoms with E-state index in [0.717, 1.165) is 11.1 Å². The van der Waals surface area contributed by atoms with Gasteiger partial charge in [-0.05, 0) is 24.5 Å². The van der Waals surface area contributed by atoms with Gasteiger partial charge in [-0.15, -0.1) is 0 Å². The van der Waals surface area contributed by atoms with Crippen LogP contribution in [0.4, 0.5) is 0 Å². The quantitative estimate of drug-likeness (QED) is 0.578. The topological polar surface area (TPSA) is 44.8 Å². The van der Waals surface area contributed by atoms with Crippen molar-refractivity contribution in [1.29, 1.82) is 0 Å². The molecule has 0 aliphatic heterocycles. The van der Waals surface area contributed by atoms with Crippen molar-refractivity contribution in [2.24, 2.45) is 11.8 Å².